The van der Waals surface area contributed by atoms with E-state index in [0.717, 1.165) is 23.3 Å². The van der Waals surface area contributed by atoms with E-state index in [2.05, 4.69) is 12.2 Å². The summed E-state index contributed by atoms with van der Waals surface area (Å²) >= 11 is 0. The molecular formula is C23H24N2O4. The lowest BCUT2D eigenvalue weighted by molar-refractivity contribution is -0.138. The van der Waals surface area contributed by atoms with Gasteiger partial charge in [-0.25, -0.2) is 5.01 Å². The number of carbonyl (C=O) groups excluding carboxylic acids is 1. The predicted molar refractivity (Wildman–Crippen MR) is 110 cm³/mol. The highest BCUT2D eigenvalue weighted by atomic mass is 16.5. The molecule has 2 atom stereocenters. The van der Waals surface area contributed by atoms with E-state index >= 15 is 0 Å². The molecule has 0 spiro atoms. The smallest absolute Gasteiger partial charge is 0.247 e. The van der Waals surface area contributed by atoms with Crippen molar-refractivity contribution >= 4 is 11.6 Å². The number of hydrogen-bond donors (Lipinski definition) is 1. The maximum absolute atomic E-state index is 13.1. The van der Waals surface area contributed by atoms with Gasteiger partial charge in [-0.3, -0.25) is 4.79 Å². The van der Waals surface area contributed by atoms with Crippen molar-refractivity contribution in [2.24, 2.45) is 16.9 Å². The molecule has 6 nitrogen and oxygen atoms in total. The van der Waals surface area contributed by atoms with Gasteiger partial charge in [0, 0.05) is 11.5 Å². The first-order valence-electron chi connectivity index (χ1n) is 9.66. The van der Waals surface area contributed by atoms with E-state index in [0.29, 0.717) is 24.5 Å². The van der Waals surface area contributed by atoms with Crippen LogP contribution in [-0.2, 0) is 11.3 Å². The largest absolute Gasteiger partial charge is 0.508 e. The average Bonchev–Trinajstić information content (AvgIpc) is 2.76. The number of aromatic hydroxyl groups is 1. The minimum Gasteiger partial charge on any atom is -0.508 e. The highest BCUT2D eigenvalue weighted by molar-refractivity contribution is 6.07. The van der Waals surface area contributed by atoms with Crippen LogP contribution in [0.2, 0.25) is 0 Å². The quantitative estimate of drug-likeness (QED) is 0.787. The van der Waals surface area contributed by atoms with Crippen molar-refractivity contribution in [2.45, 2.75) is 19.4 Å². The van der Waals surface area contributed by atoms with Crippen molar-refractivity contribution in [3.8, 4) is 17.2 Å². The molecule has 0 bridgehead atoms. The van der Waals surface area contributed by atoms with Crippen LogP contribution in [0.3, 0.4) is 0 Å². The number of methoxy groups -OCH3 is 2. The Bertz CT molecular complexity index is 965. The Kier molecular flexibility index (Phi) is 5.25. The number of phenols is 1. The maximum atomic E-state index is 13.1. The minimum atomic E-state index is -0.127. The molecule has 2 aromatic carbocycles. The second-order valence-corrected chi connectivity index (χ2v) is 7.27. The van der Waals surface area contributed by atoms with Crippen LogP contribution in [0, 0.1) is 11.8 Å². The Morgan fingerprint density at radius 3 is 2.38 bits per heavy atom. The molecule has 29 heavy (non-hydrogen) atoms. The summed E-state index contributed by atoms with van der Waals surface area (Å²) in [4.78, 5) is 13.1. The maximum Gasteiger partial charge on any atom is 0.247 e. The van der Waals surface area contributed by atoms with E-state index in [1.807, 2.05) is 18.2 Å². The molecule has 0 fully saturated rings. The molecule has 4 rings (SSSR count). The lowest BCUT2D eigenvalue weighted by Crippen LogP contribution is -2.45. The van der Waals surface area contributed by atoms with E-state index < -0.39 is 0 Å². The molecule has 1 N–H and O–H groups in total. The molecule has 0 saturated heterocycles. The number of carbonyl (C=O) groups is 1. The number of fused-ring (bicyclic) bond motifs is 1. The van der Waals surface area contributed by atoms with E-state index in [1.165, 1.54) is 0 Å². The molecule has 1 aliphatic carbocycles. The molecule has 0 unspecified atom stereocenters. The van der Waals surface area contributed by atoms with Crippen molar-refractivity contribution in [3.63, 3.8) is 0 Å². The fourth-order valence-corrected chi connectivity index (χ4v) is 3.99. The molecule has 0 aromatic heterocycles. The third-order valence-electron chi connectivity index (χ3n) is 5.53. The number of ether oxygens (including phenoxy) is 2. The van der Waals surface area contributed by atoms with Crippen molar-refractivity contribution in [2.75, 3.05) is 14.2 Å². The fourth-order valence-electron chi connectivity index (χ4n) is 3.99. The number of hydrogen-bond acceptors (Lipinski definition) is 5. The summed E-state index contributed by atoms with van der Waals surface area (Å²) in [5, 5.41) is 15.8. The summed E-state index contributed by atoms with van der Waals surface area (Å²) in [5.74, 6) is 1.45. The van der Waals surface area contributed by atoms with Gasteiger partial charge in [0.1, 0.15) is 5.75 Å². The number of allylic oxidation sites excluding steroid dienone is 2. The van der Waals surface area contributed by atoms with Gasteiger partial charge in [0.05, 0.1) is 32.4 Å². The average molecular weight is 392 g/mol. The Labute approximate surface area is 170 Å². The number of phenolic OH excluding ortho intramolecular Hbond substituents is 1. The summed E-state index contributed by atoms with van der Waals surface area (Å²) in [6.07, 6.45) is 5.70. The van der Waals surface area contributed by atoms with Crippen LogP contribution < -0.4 is 9.47 Å². The fraction of sp³-hybridized carbons (Fsp3) is 0.304. The first-order valence-corrected chi connectivity index (χ1v) is 9.66. The Hall–Kier alpha value is -3.28. The predicted octanol–water partition coefficient (Wildman–Crippen LogP) is 3.74. The molecule has 150 valence electrons. The van der Waals surface area contributed by atoms with Crippen molar-refractivity contribution in [1.82, 2.24) is 5.01 Å². The van der Waals surface area contributed by atoms with E-state index in [4.69, 9.17) is 14.6 Å². The molecule has 1 heterocycles. The first kappa shape index (κ1) is 19.1. The second kappa shape index (κ2) is 7.99. The van der Waals surface area contributed by atoms with E-state index in [-0.39, 0.29) is 23.5 Å². The van der Waals surface area contributed by atoms with Gasteiger partial charge in [-0.1, -0.05) is 24.3 Å². The number of benzene rings is 2. The zero-order chi connectivity index (χ0) is 20.4. The van der Waals surface area contributed by atoms with Crippen LogP contribution in [0.25, 0.3) is 0 Å². The van der Waals surface area contributed by atoms with Gasteiger partial charge in [-0.2, -0.15) is 5.10 Å². The Morgan fingerprint density at radius 2 is 1.69 bits per heavy atom. The van der Waals surface area contributed by atoms with Gasteiger partial charge in [0.15, 0.2) is 11.5 Å². The molecule has 1 aliphatic heterocycles. The van der Waals surface area contributed by atoms with Gasteiger partial charge in [-0.05, 0) is 48.7 Å². The zero-order valence-electron chi connectivity index (χ0n) is 16.5. The van der Waals surface area contributed by atoms with Crippen LogP contribution >= 0.6 is 0 Å². The topological polar surface area (TPSA) is 71.4 Å². The third-order valence-corrected chi connectivity index (χ3v) is 5.53. The number of hydrazone groups is 1. The first-order chi connectivity index (χ1) is 14.1. The van der Waals surface area contributed by atoms with Crippen LogP contribution in [0.1, 0.15) is 24.0 Å². The second-order valence-electron chi connectivity index (χ2n) is 7.27. The highest BCUT2D eigenvalue weighted by Gasteiger charge is 2.40. The van der Waals surface area contributed by atoms with Crippen LogP contribution in [0.15, 0.2) is 59.7 Å². The SMILES string of the molecule is COc1ccc(C2=NN(Cc3ccc(O)cc3)C(=O)[C@@H]3CC=CC[C@H]23)cc1OC. The van der Waals surface area contributed by atoms with E-state index in [9.17, 15) is 9.90 Å². The highest BCUT2D eigenvalue weighted by Crippen LogP contribution is 2.37. The normalized spacial score (nSPS) is 20.8. The Balaban J connectivity index is 1.73. The molecule has 0 saturated carbocycles. The van der Waals surface area contributed by atoms with Gasteiger partial charge < -0.3 is 14.6 Å². The number of nitrogens with zero attached hydrogens (tertiary/aromatic N) is 2. The van der Waals surface area contributed by atoms with Crippen molar-refractivity contribution in [1.29, 1.82) is 0 Å². The lowest BCUT2D eigenvalue weighted by atomic mass is 9.76. The van der Waals surface area contributed by atoms with Crippen molar-refractivity contribution < 1.29 is 19.4 Å². The van der Waals surface area contributed by atoms with Crippen molar-refractivity contribution in [3.05, 3.63) is 65.7 Å². The van der Waals surface area contributed by atoms with Gasteiger partial charge in [-0.15, -0.1) is 0 Å². The molecule has 1 amide bonds. The number of amides is 1. The van der Waals surface area contributed by atoms with Crippen LogP contribution in [0.5, 0.6) is 17.2 Å². The van der Waals surface area contributed by atoms with Gasteiger partial charge in [0.25, 0.3) is 0 Å². The third kappa shape index (κ3) is 3.70. The monoisotopic (exact) mass is 392 g/mol. The molecule has 0 radical (unpaired) electrons. The minimum absolute atomic E-state index is 0.0386. The summed E-state index contributed by atoms with van der Waals surface area (Å²) in [7, 11) is 3.22. The lowest BCUT2D eigenvalue weighted by Gasteiger charge is -2.37. The summed E-state index contributed by atoms with van der Waals surface area (Å²) in [6, 6.07) is 12.6. The van der Waals surface area contributed by atoms with Gasteiger partial charge in [0.2, 0.25) is 5.91 Å². The molecule has 6 heteroatoms. The Morgan fingerprint density at radius 1 is 1.00 bits per heavy atom. The number of rotatable bonds is 5. The van der Waals surface area contributed by atoms with Gasteiger partial charge >= 0.3 is 0 Å². The summed E-state index contributed by atoms with van der Waals surface area (Å²) in [6.45, 7) is 0.364. The van der Waals surface area contributed by atoms with E-state index in [1.54, 1.807) is 43.5 Å². The standard InChI is InChI=1S/C23H24N2O4/c1-28-20-12-9-16(13-21(20)29-2)22-18-5-3-4-6-19(18)23(27)25(24-22)14-15-7-10-17(26)11-8-15/h3-4,7-13,18-19,26H,5-6,14H2,1-2H3/t18-,19+/m0/s1. The zero-order valence-corrected chi connectivity index (χ0v) is 16.5. The molecule has 2 aromatic rings. The van der Waals surface area contributed by atoms with Crippen LogP contribution in [0.4, 0.5) is 0 Å². The molecular weight excluding hydrogens is 368 g/mol. The van der Waals surface area contributed by atoms with Crippen LogP contribution in [-0.4, -0.2) is 36.0 Å². The summed E-state index contributed by atoms with van der Waals surface area (Å²) in [5.41, 5.74) is 2.73. The molecule has 2 aliphatic rings. The summed E-state index contributed by atoms with van der Waals surface area (Å²) < 4.78 is 10.8.